The largest absolute Gasteiger partial charge is 0.306 e. The van der Waals surface area contributed by atoms with Gasteiger partial charge in [-0.2, -0.15) is 0 Å². The van der Waals surface area contributed by atoms with Gasteiger partial charge in [0.25, 0.3) is 0 Å². The maximum atomic E-state index is 2.40. The van der Waals surface area contributed by atoms with Gasteiger partial charge in [0.15, 0.2) is 0 Å². The first kappa shape index (κ1) is 8.35. The number of nitrogens with zero attached hydrogens (tertiary/aromatic N) is 1. The summed E-state index contributed by atoms with van der Waals surface area (Å²) in [7, 11) is 4.42. The molecule has 0 aromatic carbocycles. The lowest BCUT2D eigenvalue weighted by Crippen LogP contribution is -2.18. The first-order chi connectivity index (χ1) is 4.30. The average Bonchev–Trinajstić information content (AvgIpc) is 2.30. The molecule has 0 radical (unpaired) electrons. The molecule has 2 rings (SSSR count). The van der Waals surface area contributed by atoms with E-state index in [1.54, 1.807) is 0 Å². The van der Waals surface area contributed by atoms with Crippen molar-refractivity contribution in [1.29, 1.82) is 0 Å². The molecule has 1 unspecified atom stereocenters. The summed E-state index contributed by atoms with van der Waals surface area (Å²) < 4.78 is 0. The lowest BCUT2D eigenvalue weighted by molar-refractivity contribution is 0.346. The molecule has 0 heterocycles. The van der Waals surface area contributed by atoms with Gasteiger partial charge in [-0.05, 0) is 38.8 Å². The van der Waals surface area contributed by atoms with Crippen LogP contribution in [0.2, 0.25) is 0 Å². The SMILES string of the molecule is CN(C)C1[C@H]2CCC[C@@H]12.Cl. The Balaban J connectivity index is 0.000000500. The van der Waals surface area contributed by atoms with Gasteiger partial charge in [0, 0.05) is 6.04 Å². The molecule has 0 saturated heterocycles. The van der Waals surface area contributed by atoms with Gasteiger partial charge in [0.1, 0.15) is 0 Å². The van der Waals surface area contributed by atoms with Crippen LogP contribution >= 0.6 is 12.4 Å². The summed E-state index contributed by atoms with van der Waals surface area (Å²) in [6.45, 7) is 0. The van der Waals surface area contributed by atoms with Crippen LogP contribution in [-0.4, -0.2) is 25.0 Å². The number of hydrogen-bond acceptors (Lipinski definition) is 1. The standard InChI is InChI=1S/C8H15N.ClH/c1-9(2)8-6-4-3-5-7(6)8;/h6-8H,3-5H2,1-2H3;1H/t6-,7+,8?;. The van der Waals surface area contributed by atoms with Crippen LogP contribution in [0.3, 0.4) is 0 Å². The molecule has 0 spiro atoms. The highest BCUT2D eigenvalue weighted by atomic mass is 35.5. The average molecular weight is 162 g/mol. The quantitative estimate of drug-likeness (QED) is 0.567. The van der Waals surface area contributed by atoms with Crippen molar-refractivity contribution in [1.82, 2.24) is 4.90 Å². The summed E-state index contributed by atoms with van der Waals surface area (Å²) in [5, 5.41) is 0. The van der Waals surface area contributed by atoms with Crippen molar-refractivity contribution in [2.75, 3.05) is 14.1 Å². The maximum Gasteiger partial charge on any atom is 0.0152 e. The van der Waals surface area contributed by atoms with Crippen LogP contribution < -0.4 is 0 Å². The Morgan fingerprint density at radius 2 is 1.60 bits per heavy atom. The van der Waals surface area contributed by atoms with Crippen LogP contribution in [0.15, 0.2) is 0 Å². The fraction of sp³-hybridized carbons (Fsp3) is 1.00. The Morgan fingerprint density at radius 1 is 1.10 bits per heavy atom. The topological polar surface area (TPSA) is 3.24 Å². The van der Waals surface area contributed by atoms with E-state index in [1.807, 2.05) is 0 Å². The van der Waals surface area contributed by atoms with Crippen LogP contribution in [0.4, 0.5) is 0 Å². The molecule has 1 nitrogen and oxygen atoms in total. The summed E-state index contributed by atoms with van der Waals surface area (Å²) in [4.78, 5) is 2.40. The number of halogens is 1. The zero-order valence-corrected chi connectivity index (χ0v) is 7.53. The Hall–Kier alpha value is 0.250. The molecule has 2 saturated carbocycles. The van der Waals surface area contributed by atoms with Crippen LogP contribution in [0, 0.1) is 11.8 Å². The maximum absolute atomic E-state index is 2.40. The normalized spacial score (nSPS) is 42.9. The molecular weight excluding hydrogens is 146 g/mol. The van der Waals surface area contributed by atoms with E-state index in [0.717, 1.165) is 17.9 Å². The van der Waals surface area contributed by atoms with Gasteiger partial charge in [-0.15, -0.1) is 12.4 Å². The summed E-state index contributed by atoms with van der Waals surface area (Å²) in [5.41, 5.74) is 0. The summed E-state index contributed by atoms with van der Waals surface area (Å²) >= 11 is 0. The minimum atomic E-state index is 0. The van der Waals surface area contributed by atoms with Gasteiger partial charge in [-0.1, -0.05) is 6.42 Å². The Labute approximate surface area is 69.2 Å². The van der Waals surface area contributed by atoms with Gasteiger partial charge in [-0.25, -0.2) is 0 Å². The molecule has 0 bridgehead atoms. The van der Waals surface area contributed by atoms with Gasteiger partial charge in [-0.3, -0.25) is 0 Å². The third kappa shape index (κ3) is 1.06. The molecule has 60 valence electrons. The van der Waals surface area contributed by atoms with Gasteiger partial charge in [0.2, 0.25) is 0 Å². The predicted octanol–water partition coefficient (Wildman–Crippen LogP) is 1.77. The molecule has 3 atom stereocenters. The predicted molar refractivity (Wildman–Crippen MR) is 45.6 cm³/mol. The van der Waals surface area contributed by atoms with Crippen molar-refractivity contribution in [2.45, 2.75) is 25.3 Å². The van der Waals surface area contributed by atoms with Crippen LogP contribution in [0.25, 0.3) is 0 Å². The summed E-state index contributed by atoms with van der Waals surface area (Å²) in [6, 6.07) is 0.971. The van der Waals surface area contributed by atoms with E-state index in [-0.39, 0.29) is 12.4 Å². The Morgan fingerprint density at radius 3 is 1.90 bits per heavy atom. The lowest BCUT2D eigenvalue weighted by atomic mass is 10.2. The van der Waals surface area contributed by atoms with E-state index in [2.05, 4.69) is 19.0 Å². The third-order valence-corrected chi connectivity index (χ3v) is 2.96. The van der Waals surface area contributed by atoms with E-state index in [1.165, 1.54) is 19.3 Å². The molecular formula is C8H16ClN. The molecule has 2 aliphatic carbocycles. The molecule has 0 amide bonds. The van der Waals surface area contributed by atoms with E-state index in [0.29, 0.717) is 0 Å². The van der Waals surface area contributed by atoms with Crippen LogP contribution in [-0.2, 0) is 0 Å². The number of fused-ring (bicyclic) bond motifs is 1. The van der Waals surface area contributed by atoms with Crippen molar-refractivity contribution in [3.05, 3.63) is 0 Å². The highest BCUT2D eigenvalue weighted by Crippen LogP contribution is 2.53. The van der Waals surface area contributed by atoms with E-state index in [4.69, 9.17) is 0 Å². The van der Waals surface area contributed by atoms with Crippen molar-refractivity contribution in [3.8, 4) is 0 Å². The highest BCUT2D eigenvalue weighted by Gasteiger charge is 2.53. The zero-order chi connectivity index (χ0) is 6.43. The first-order valence-electron chi connectivity index (χ1n) is 3.97. The lowest BCUT2D eigenvalue weighted by Gasteiger charge is -2.10. The molecule has 2 heteroatoms. The van der Waals surface area contributed by atoms with Crippen molar-refractivity contribution in [3.63, 3.8) is 0 Å². The molecule has 0 aromatic heterocycles. The molecule has 2 fully saturated rings. The molecule has 2 aliphatic rings. The second-order valence-electron chi connectivity index (χ2n) is 3.71. The van der Waals surface area contributed by atoms with E-state index >= 15 is 0 Å². The van der Waals surface area contributed by atoms with Crippen molar-refractivity contribution in [2.24, 2.45) is 11.8 Å². The Bertz CT molecular complexity index is 114. The van der Waals surface area contributed by atoms with Gasteiger partial charge in [0.05, 0.1) is 0 Å². The molecule has 10 heavy (non-hydrogen) atoms. The minimum absolute atomic E-state index is 0. The van der Waals surface area contributed by atoms with Crippen LogP contribution in [0.1, 0.15) is 19.3 Å². The molecule has 0 N–H and O–H groups in total. The number of rotatable bonds is 1. The smallest absolute Gasteiger partial charge is 0.0152 e. The third-order valence-electron chi connectivity index (χ3n) is 2.96. The van der Waals surface area contributed by atoms with Gasteiger partial charge < -0.3 is 4.90 Å². The second kappa shape index (κ2) is 2.71. The monoisotopic (exact) mass is 161 g/mol. The Kier molecular flexibility index (Phi) is 2.26. The number of hydrogen-bond donors (Lipinski definition) is 0. The minimum Gasteiger partial charge on any atom is -0.306 e. The van der Waals surface area contributed by atoms with Crippen molar-refractivity contribution >= 4 is 12.4 Å². The summed E-state index contributed by atoms with van der Waals surface area (Å²) in [6.07, 6.45) is 4.51. The van der Waals surface area contributed by atoms with Crippen molar-refractivity contribution < 1.29 is 0 Å². The van der Waals surface area contributed by atoms with E-state index < -0.39 is 0 Å². The highest BCUT2D eigenvalue weighted by molar-refractivity contribution is 5.85. The zero-order valence-electron chi connectivity index (χ0n) is 6.71. The molecule has 0 aliphatic heterocycles. The summed E-state index contributed by atoms with van der Waals surface area (Å²) in [5.74, 6) is 2.19. The van der Waals surface area contributed by atoms with Gasteiger partial charge >= 0.3 is 0 Å². The molecule has 0 aromatic rings. The van der Waals surface area contributed by atoms with Crippen LogP contribution in [0.5, 0.6) is 0 Å². The van der Waals surface area contributed by atoms with E-state index in [9.17, 15) is 0 Å². The fourth-order valence-electron chi connectivity index (χ4n) is 2.55. The fourth-order valence-corrected chi connectivity index (χ4v) is 2.55. The second-order valence-corrected chi connectivity index (χ2v) is 3.71. The first-order valence-corrected chi connectivity index (χ1v) is 3.97.